The summed E-state index contributed by atoms with van der Waals surface area (Å²) in [6, 6.07) is 26.7. The van der Waals surface area contributed by atoms with Gasteiger partial charge in [-0.05, 0) is 23.6 Å². The first kappa shape index (κ1) is 22.7. The van der Waals surface area contributed by atoms with Crippen molar-refractivity contribution in [2.45, 2.75) is 24.8 Å². The summed E-state index contributed by atoms with van der Waals surface area (Å²) in [5.74, 6) is -1.88. The fraction of sp³-hybridized carbons (Fsp3) is 0.192. The summed E-state index contributed by atoms with van der Waals surface area (Å²) in [6.45, 7) is 1.83. The predicted molar refractivity (Wildman–Crippen MR) is 122 cm³/mol. The Bertz CT molecular complexity index is 956. The third-order valence-electron chi connectivity index (χ3n) is 5.29. The number of nitrogens with one attached hydrogen (secondary N) is 1. The van der Waals surface area contributed by atoms with Gasteiger partial charge in [0.25, 0.3) is 0 Å². The smallest absolute Gasteiger partial charge is 0.308 e. The molecule has 3 aromatic carbocycles. The molecule has 0 spiro atoms. The molecular weight excluding hydrogens is 404 g/mol. The Hall–Kier alpha value is -3.93. The van der Waals surface area contributed by atoms with Crippen LogP contribution in [0.1, 0.15) is 30.0 Å². The van der Waals surface area contributed by atoms with Gasteiger partial charge in [0.1, 0.15) is 11.5 Å². The first-order chi connectivity index (χ1) is 15.5. The highest BCUT2D eigenvalue weighted by Gasteiger charge is 2.45. The van der Waals surface area contributed by atoms with Gasteiger partial charge < -0.3 is 15.8 Å². The Morgan fingerprint density at radius 1 is 0.812 bits per heavy atom. The van der Waals surface area contributed by atoms with Gasteiger partial charge in [0.05, 0.1) is 13.0 Å². The molecule has 6 heteroatoms. The number of amides is 2. The van der Waals surface area contributed by atoms with E-state index in [1.54, 1.807) is 6.92 Å². The molecule has 0 aliphatic carbocycles. The quantitative estimate of drug-likeness (QED) is 0.403. The van der Waals surface area contributed by atoms with Gasteiger partial charge in [-0.15, -0.1) is 0 Å². The number of benzene rings is 3. The Balaban J connectivity index is 2.17. The molecule has 0 aliphatic rings. The fourth-order valence-corrected chi connectivity index (χ4v) is 3.83. The van der Waals surface area contributed by atoms with Crippen molar-refractivity contribution in [3.63, 3.8) is 0 Å². The molecule has 0 unspecified atom stereocenters. The molecule has 0 heterocycles. The second-order valence-electron chi connectivity index (χ2n) is 7.29. The van der Waals surface area contributed by atoms with Gasteiger partial charge in [-0.2, -0.15) is 0 Å². The number of nitrogens with two attached hydrogens (primary N) is 1. The van der Waals surface area contributed by atoms with Crippen molar-refractivity contribution in [2.75, 3.05) is 6.61 Å². The van der Waals surface area contributed by atoms with Crippen LogP contribution in [0.5, 0.6) is 0 Å². The van der Waals surface area contributed by atoms with Crippen molar-refractivity contribution < 1.29 is 19.1 Å². The summed E-state index contributed by atoms with van der Waals surface area (Å²) in [7, 11) is 0. The molecule has 3 N–H and O–H groups in total. The van der Waals surface area contributed by atoms with E-state index in [0.717, 1.165) is 0 Å². The average Bonchev–Trinajstić information content (AvgIpc) is 2.81. The van der Waals surface area contributed by atoms with E-state index in [9.17, 15) is 14.4 Å². The van der Waals surface area contributed by atoms with Gasteiger partial charge in [-0.1, -0.05) is 91.0 Å². The molecular formula is C26H26N2O4. The summed E-state index contributed by atoms with van der Waals surface area (Å²) < 4.78 is 4.95. The first-order valence-corrected chi connectivity index (χ1v) is 10.4. The van der Waals surface area contributed by atoms with Crippen LogP contribution < -0.4 is 11.1 Å². The summed E-state index contributed by atoms with van der Waals surface area (Å²) in [5.41, 5.74) is 6.41. The maximum Gasteiger partial charge on any atom is 0.308 e. The zero-order valence-electron chi connectivity index (χ0n) is 17.9. The van der Waals surface area contributed by atoms with Crippen molar-refractivity contribution in [3.8, 4) is 0 Å². The maximum absolute atomic E-state index is 14.0. The zero-order valence-corrected chi connectivity index (χ0v) is 17.9. The Morgan fingerprint density at radius 3 is 1.56 bits per heavy atom. The van der Waals surface area contributed by atoms with Crippen LogP contribution >= 0.6 is 0 Å². The van der Waals surface area contributed by atoms with E-state index in [-0.39, 0.29) is 13.0 Å². The standard InChI is InChI=1S/C26H26N2O4/c1-2-32-23(29)18-22(24(27)30)28-25(31)26(19-12-6-3-7-13-19,20-14-8-4-9-15-20)21-16-10-5-11-17-21/h3-17,22H,2,18H2,1H3,(H2,27,30)(H,28,31)/t22-/m1/s1. The topological polar surface area (TPSA) is 98.5 Å². The SMILES string of the molecule is CCOC(=O)C[C@@H](NC(=O)C(c1ccccc1)(c1ccccc1)c1ccccc1)C(N)=O. The number of hydrogen-bond acceptors (Lipinski definition) is 4. The Labute approximate surface area is 187 Å². The minimum Gasteiger partial charge on any atom is -0.466 e. The third kappa shape index (κ3) is 4.70. The summed E-state index contributed by atoms with van der Waals surface area (Å²) >= 11 is 0. The molecule has 0 aliphatic heterocycles. The highest BCUT2D eigenvalue weighted by Crippen LogP contribution is 2.39. The van der Waals surface area contributed by atoms with Gasteiger partial charge in [0.2, 0.25) is 11.8 Å². The minimum absolute atomic E-state index is 0.167. The van der Waals surface area contributed by atoms with E-state index in [0.29, 0.717) is 16.7 Å². The highest BCUT2D eigenvalue weighted by atomic mass is 16.5. The molecule has 3 aromatic rings. The normalized spacial score (nSPS) is 11.9. The van der Waals surface area contributed by atoms with E-state index < -0.39 is 29.2 Å². The van der Waals surface area contributed by atoms with Crippen molar-refractivity contribution >= 4 is 17.8 Å². The fourth-order valence-electron chi connectivity index (χ4n) is 3.83. The molecule has 164 valence electrons. The lowest BCUT2D eigenvalue weighted by molar-refractivity contribution is -0.145. The number of carbonyl (C=O) groups excluding carboxylic acids is 3. The molecule has 0 saturated heterocycles. The van der Waals surface area contributed by atoms with Crippen LogP contribution in [0, 0.1) is 0 Å². The third-order valence-corrected chi connectivity index (χ3v) is 5.29. The van der Waals surface area contributed by atoms with E-state index >= 15 is 0 Å². The van der Waals surface area contributed by atoms with Crippen LogP contribution in [-0.2, 0) is 24.5 Å². The lowest BCUT2D eigenvalue weighted by atomic mass is 9.68. The lowest BCUT2D eigenvalue weighted by Crippen LogP contribution is -2.54. The van der Waals surface area contributed by atoms with Crippen molar-refractivity contribution in [3.05, 3.63) is 108 Å². The Kier molecular flexibility index (Phi) is 7.39. The first-order valence-electron chi connectivity index (χ1n) is 10.4. The van der Waals surface area contributed by atoms with Gasteiger partial charge in [-0.25, -0.2) is 0 Å². The van der Waals surface area contributed by atoms with Crippen LogP contribution in [0.15, 0.2) is 91.0 Å². The van der Waals surface area contributed by atoms with Gasteiger partial charge in [0.15, 0.2) is 0 Å². The number of primary amides is 1. The number of hydrogen-bond donors (Lipinski definition) is 2. The van der Waals surface area contributed by atoms with Gasteiger partial charge in [0, 0.05) is 0 Å². The molecule has 3 rings (SSSR count). The van der Waals surface area contributed by atoms with E-state index in [1.807, 2.05) is 91.0 Å². The van der Waals surface area contributed by atoms with E-state index in [4.69, 9.17) is 10.5 Å². The predicted octanol–water partition coefficient (Wildman–Crippen LogP) is 2.94. The molecule has 32 heavy (non-hydrogen) atoms. The molecule has 6 nitrogen and oxygen atoms in total. The average molecular weight is 431 g/mol. The summed E-state index contributed by atoms with van der Waals surface area (Å²) in [5, 5.41) is 2.73. The van der Waals surface area contributed by atoms with Crippen LogP contribution in [-0.4, -0.2) is 30.4 Å². The van der Waals surface area contributed by atoms with E-state index in [2.05, 4.69) is 5.32 Å². The van der Waals surface area contributed by atoms with Crippen molar-refractivity contribution in [1.29, 1.82) is 0 Å². The molecule has 0 bridgehead atoms. The monoisotopic (exact) mass is 430 g/mol. The minimum atomic E-state index is -1.27. The molecule has 0 saturated carbocycles. The Morgan fingerprint density at radius 2 is 1.22 bits per heavy atom. The molecule has 0 radical (unpaired) electrons. The van der Waals surface area contributed by atoms with Crippen LogP contribution in [0.25, 0.3) is 0 Å². The van der Waals surface area contributed by atoms with Crippen molar-refractivity contribution in [2.24, 2.45) is 5.73 Å². The summed E-state index contributed by atoms with van der Waals surface area (Å²) in [6.07, 6.45) is -0.344. The molecule has 2 amide bonds. The van der Waals surface area contributed by atoms with Crippen LogP contribution in [0.4, 0.5) is 0 Å². The second-order valence-corrected chi connectivity index (χ2v) is 7.29. The van der Waals surface area contributed by atoms with Gasteiger partial charge in [-0.3, -0.25) is 14.4 Å². The maximum atomic E-state index is 14.0. The number of esters is 1. The van der Waals surface area contributed by atoms with Crippen LogP contribution in [0.2, 0.25) is 0 Å². The van der Waals surface area contributed by atoms with E-state index in [1.165, 1.54) is 0 Å². The lowest BCUT2D eigenvalue weighted by Gasteiger charge is -2.35. The van der Waals surface area contributed by atoms with Crippen molar-refractivity contribution in [1.82, 2.24) is 5.32 Å². The second kappa shape index (κ2) is 10.4. The largest absolute Gasteiger partial charge is 0.466 e. The molecule has 1 atom stereocenters. The van der Waals surface area contributed by atoms with Gasteiger partial charge >= 0.3 is 5.97 Å². The molecule has 0 fully saturated rings. The summed E-state index contributed by atoms with van der Waals surface area (Å²) in [4.78, 5) is 38.2. The highest BCUT2D eigenvalue weighted by molar-refractivity contribution is 5.99. The number of carbonyl (C=O) groups is 3. The van der Waals surface area contributed by atoms with Crippen LogP contribution in [0.3, 0.4) is 0 Å². The number of ether oxygens (including phenoxy) is 1. The zero-order chi connectivity index (χ0) is 23.0. The number of rotatable bonds is 9. The molecule has 0 aromatic heterocycles.